The normalized spacial score (nSPS) is 10.9. The molecule has 158 valence electrons. The number of hydrogen-bond donors (Lipinski definition) is 3. The topological polar surface area (TPSA) is 91.5 Å². The van der Waals surface area contributed by atoms with Crippen molar-refractivity contribution < 1.29 is 13.8 Å². The summed E-state index contributed by atoms with van der Waals surface area (Å²) in [6.45, 7) is 2.74. The monoisotopic (exact) mass is 437 g/mol. The van der Waals surface area contributed by atoms with Gasteiger partial charge in [-0.15, -0.1) is 0 Å². The van der Waals surface area contributed by atoms with Gasteiger partial charge >= 0.3 is 0 Å². The first kappa shape index (κ1) is 20.7. The lowest BCUT2D eigenvalue weighted by atomic mass is 10.1. The number of carbonyl (C=O) groups is 1. The molecule has 2 aromatic carbocycles. The zero-order valence-electron chi connectivity index (χ0n) is 16.7. The highest BCUT2D eigenvalue weighted by Crippen LogP contribution is 2.29. The number of aromatic nitrogens is 3. The summed E-state index contributed by atoms with van der Waals surface area (Å²) in [6.07, 6.45) is 1.43. The Morgan fingerprint density at radius 1 is 1.16 bits per heavy atom. The standard InChI is InChI=1S/C22H20FN5O2S/c1-14-5-2-3-8-17(14)18-12-20(28-21(27-18)19(31-23)13-26-28)24-9-10-25-22(30)15-6-4-7-16(29)11-15/h2-8,11-13,24,29H,9-10H2,1H3,(H,25,30). The minimum absolute atomic E-state index is 0.0360. The van der Waals surface area contributed by atoms with E-state index in [0.717, 1.165) is 11.1 Å². The summed E-state index contributed by atoms with van der Waals surface area (Å²) in [5.74, 6) is 0.387. The van der Waals surface area contributed by atoms with E-state index >= 15 is 0 Å². The van der Waals surface area contributed by atoms with Gasteiger partial charge in [0.15, 0.2) is 5.65 Å². The lowest BCUT2D eigenvalue weighted by Gasteiger charge is -2.12. The number of phenols is 1. The third-order valence-electron chi connectivity index (χ3n) is 4.77. The summed E-state index contributed by atoms with van der Waals surface area (Å²) in [7, 11) is 0. The van der Waals surface area contributed by atoms with Crippen LogP contribution in [0.2, 0.25) is 0 Å². The van der Waals surface area contributed by atoms with Crippen molar-refractivity contribution in [1.29, 1.82) is 0 Å². The Balaban J connectivity index is 1.53. The number of amides is 1. The van der Waals surface area contributed by atoms with Gasteiger partial charge in [0.05, 0.1) is 24.0 Å². The van der Waals surface area contributed by atoms with Crippen molar-refractivity contribution in [2.75, 3.05) is 18.4 Å². The number of anilines is 1. The fourth-order valence-electron chi connectivity index (χ4n) is 3.24. The molecule has 4 aromatic rings. The molecule has 0 bridgehead atoms. The molecule has 0 aliphatic rings. The van der Waals surface area contributed by atoms with E-state index in [1.807, 2.05) is 37.3 Å². The van der Waals surface area contributed by atoms with Crippen LogP contribution < -0.4 is 10.6 Å². The maximum absolute atomic E-state index is 13.4. The maximum atomic E-state index is 13.4. The van der Waals surface area contributed by atoms with Gasteiger partial charge in [-0.2, -0.15) is 13.5 Å². The fraction of sp³-hybridized carbons (Fsp3) is 0.136. The van der Waals surface area contributed by atoms with Crippen LogP contribution in [0.3, 0.4) is 0 Å². The number of carbonyl (C=O) groups excluding carboxylic acids is 1. The van der Waals surface area contributed by atoms with Gasteiger partial charge in [-0.05, 0) is 30.7 Å². The Morgan fingerprint density at radius 2 is 2.00 bits per heavy atom. The average molecular weight is 438 g/mol. The van der Waals surface area contributed by atoms with Crippen LogP contribution in [-0.4, -0.2) is 38.7 Å². The summed E-state index contributed by atoms with van der Waals surface area (Å²) in [4.78, 5) is 17.2. The number of phenolic OH excluding ortho intramolecular Hbond substituents is 1. The summed E-state index contributed by atoms with van der Waals surface area (Å²) >= 11 is 0.102. The van der Waals surface area contributed by atoms with Crippen LogP contribution in [0.4, 0.5) is 9.70 Å². The number of hydrogen-bond acceptors (Lipinski definition) is 6. The Labute approximate surface area is 182 Å². The summed E-state index contributed by atoms with van der Waals surface area (Å²) in [5.41, 5.74) is 3.50. The van der Waals surface area contributed by atoms with Crippen LogP contribution in [0.1, 0.15) is 15.9 Å². The largest absolute Gasteiger partial charge is 0.508 e. The zero-order chi connectivity index (χ0) is 21.8. The lowest BCUT2D eigenvalue weighted by molar-refractivity contribution is 0.0954. The zero-order valence-corrected chi connectivity index (χ0v) is 17.5. The van der Waals surface area contributed by atoms with Gasteiger partial charge in [-0.25, -0.2) is 4.98 Å². The van der Waals surface area contributed by atoms with Gasteiger partial charge in [-0.3, -0.25) is 4.79 Å². The Bertz CT molecular complexity index is 1240. The molecule has 7 nitrogen and oxygen atoms in total. The molecule has 0 spiro atoms. The predicted molar refractivity (Wildman–Crippen MR) is 119 cm³/mol. The van der Waals surface area contributed by atoms with Crippen molar-refractivity contribution in [3.8, 4) is 17.0 Å². The van der Waals surface area contributed by atoms with Crippen LogP contribution in [0.5, 0.6) is 5.75 Å². The highest BCUT2D eigenvalue weighted by Gasteiger charge is 2.14. The smallest absolute Gasteiger partial charge is 0.251 e. The van der Waals surface area contributed by atoms with Crippen molar-refractivity contribution in [2.24, 2.45) is 0 Å². The first-order chi connectivity index (χ1) is 15.1. The molecule has 3 N–H and O–H groups in total. The Morgan fingerprint density at radius 3 is 2.77 bits per heavy atom. The van der Waals surface area contributed by atoms with Crippen molar-refractivity contribution in [3.63, 3.8) is 0 Å². The number of nitrogens with one attached hydrogen (secondary N) is 2. The molecule has 2 heterocycles. The van der Waals surface area contributed by atoms with E-state index in [-0.39, 0.29) is 23.8 Å². The van der Waals surface area contributed by atoms with Gasteiger partial charge in [0.1, 0.15) is 16.5 Å². The molecule has 9 heteroatoms. The highest BCUT2D eigenvalue weighted by molar-refractivity contribution is 7.94. The van der Waals surface area contributed by atoms with Crippen molar-refractivity contribution in [3.05, 3.63) is 71.9 Å². The number of nitrogens with zero attached hydrogens (tertiary/aromatic N) is 3. The third kappa shape index (κ3) is 4.46. The van der Waals surface area contributed by atoms with E-state index in [0.29, 0.717) is 40.7 Å². The molecule has 0 saturated carbocycles. The van der Waals surface area contributed by atoms with E-state index < -0.39 is 0 Å². The molecule has 1 amide bonds. The van der Waals surface area contributed by atoms with Crippen LogP contribution >= 0.6 is 12.1 Å². The van der Waals surface area contributed by atoms with Crippen molar-refractivity contribution >= 4 is 29.5 Å². The molecule has 0 unspecified atom stereocenters. The second-order valence-corrected chi connectivity index (χ2v) is 7.49. The molecule has 0 fully saturated rings. The number of halogens is 1. The summed E-state index contributed by atoms with van der Waals surface area (Å²) in [5, 5.41) is 19.8. The van der Waals surface area contributed by atoms with E-state index in [1.54, 1.807) is 16.6 Å². The number of aromatic hydroxyl groups is 1. The van der Waals surface area contributed by atoms with Gasteiger partial charge in [0.25, 0.3) is 5.91 Å². The molecule has 0 atom stereocenters. The Kier molecular flexibility index (Phi) is 6.03. The molecule has 0 radical (unpaired) electrons. The lowest BCUT2D eigenvalue weighted by Crippen LogP contribution is -2.29. The highest BCUT2D eigenvalue weighted by atomic mass is 32.2. The maximum Gasteiger partial charge on any atom is 0.251 e. The van der Waals surface area contributed by atoms with Crippen molar-refractivity contribution in [2.45, 2.75) is 11.8 Å². The van der Waals surface area contributed by atoms with Gasteiger partial charge < -0.3 is 15.7 Å². The van der Waals surface area contributed by atoms with E-state index in [1.165, 1.54) is 18.3 Å². The van der Waals surface area contributed by atoms with Crippen LogP contribution in [0.15, 0.2) is 65.7 Å². The number of rotatable bonds is 7. The number of fused-ring (bicyclic) bond motifs is 1. The van der Waals surface area contributed by atoms with Gasteiger partial charge in [-0.1, -0.05) is 30.3 Å². The average Bonchev–Trinajstić information content (AvgIpc) is 3.20. The van der Waals surface area contributed by atoms with Crippen LogP contribution in [0, 0.1) is 6.92 Å². The molecule has 4 rings (SSSR count). The molecule has 0 aliphatic carbocycles. The van der Waals surface area contributed by atoms with Crippen LogP contribution in [0.25, 0.3) is 16.9 Å². The summed E-state index contributed by atoms with van der Waals surface area (Å²) in [6, 6.07) is 15.8. The predicted octanol–water partition coefficient (Wildman–Crippen LogP) is 4.23. The molecule has 0 saturated heterocycles. The molecular weight excluding hydrogens is 417 g/mol. The first-order valence-electron chi connectivity index (χ1n) is 9.61. The molecule has 2 aromatic heterocycles. The minimum Gasteiger partial charge on any atom is -0.508 e. The molecule has 31 heavy (non-hydrogen) atoms. The third-order valence-corrected chi connectivity index (χ3v) is 5.22. The fourth-order valence-corrected chi connectivity index (χ4v) is 3.53. The SMILES string of the molecule is Cc1ccccc1-c1cc(NCCNC(=O)c2cccc(O)c2)n2ncc(SF)c2n1. The number of benzene rings is 2. The molecule has 0 aliphatic heterocycles. The van der Waals surface area contributed by atoms with E-state index in [4.69, 9.17) is 0 Å². The van der Waals surface area contributed by atoms with Crippen molar-refractivity contribution in [1.82, 2.24) is 19.9 Å². The molecular formula is C22H20FN5O2S. The second-order valence-electron chi connectivity index (χ2n) is 6.90. The van der Waals surface area contributed by atoms with E-state index in [2.05, 4.69) is 20.7 Å². The van der Waals surface area contributed by atoms with Gasteiger partial charge in [0.2, 0.25) is 0 Å². The number of aryl methyl sites for hydroxylation is 1. The minimum atomic E-state index is -0.284. The summed E-state index contributed by atoms with van der Waals surface area (Å²) < 4.78 is 14.9. The quantitative estimate of drug-likeness (QED) is 0.375. The van der Waals surface area contributed by atoms with Gasteiger partial charge in [0, 0.05) is 30.3 Å². The Hall–Kier alpha value is -3.59. The second kappa shape index (κ2) is 9.05. The van der Waals surface area contributed by atoms with E-state index in [9.17, 15) is 13.8 Å². The first-order valence-corrected chi connectivity index (χ1v) is 10.3. The van der Waals surface area contributed by atoms with Crippen LogP contribution in [-0.2, 0) is 0 Å².